The highest BCUT2D eigenvalue weighted by molar-refractivity contribution is 5.96. The number of fused-ring (bicyclic) bond motifs is 1. The number of aryl methyl sites for hydroxylation is 1. The van der Waals surface area contributed by atoms with Crippen LogP contribution in [-0.4, -0.2) is 49.4 Å². The topological polar surface area (TPSA) is 68.2 Å². The summed E-state index contributed by atoms with van der Waals surface area (Å²) in [5.74, 6) is 1.56. The number of ether oxygens (including phenoxy) is 3. The molecule has 2 aliphatic rings. The maximum absolute atomic E-state index is 13.8. The summed E-state index contributed by atoms with van der Waals surface area (Å²) >= 11 is 0. The minimum Gasteiger partial charge on any atom is -0.493 e. The summed E-state index contributed by atoms with van der Waals surface area (Å²) in [5, 5.41) is 11.6. The summed E-state index contributed by atoms with van der Waals surface area (Å²) in [7, 11) is 4.76. The first-order valence-corrected chi connectivity index (χ1v) is 11.3. The van der Waals surface area contributed by atoms with Crippen molar-refractivity contribution < 1.29 is 24.1 Å². The Morgan fingerprint density at radius 1 is 1.03 bits per heavy atom. The van der Waals surface area contributed by atoms with E-state index in [0.717, 1.165) is 36.8 Å². The highest BCUT2D eigenvalue weighted by Gasteiger charge is 2.50. The monoisotopic (exact) mass is 439 g/mol. The number of carbonyl (C=O) groups excluding carboxylic acids is 1. The van der Waals surface area contributed by atoms with Crippen molar-refractivity contribution in [3.8, 4) is 17.2 Å². The maximum Gasteiger partial charge on any atom is 0.254 e. The number of hydrogen-bond donors (Lipinski definition) is 1. The Hall–Kier alpha value is -2.73. The van der Waals surface area contributed by atoms with Gasteiger partial charge < -0.3 is 24.2 Å². The summed E-state index contributed by atoms with van der Waals surface area (Å²) in [6.07, 6.45) is 4.29. The van der Waals surface area contributed by atoms with Gasteiger partial charge in [0, 0.05) is 18.0 Å². The van der Waals surface area contributed by atoms with Crippen LogP contribution in [0.15, 0.2) is 36.4 Å². The second-order valence-electron chi connectivity index (χ2n) is 8.92. The zero-order valence-electron chi connectivity index (χ0n) is 19.4. The number of amides is 1. The SMILES string of the molecule is COc1cc(C2C3CCCCC3(O)CCN2C(=O)c2ccccc2C)cc(OC)c1OC. The number of hydrogen-bond acceptors (Lipinski definition) is 5. The first-order valence-electron chi connectivity index (χ1n) is 11.3. The zero-order chi connectivity index (χ0) is 22.9. The van der Waals surface area contributed by atoms with E-state index < -0.39 is 5.60 Å². The quantitative estimate of drug-likeness (QED) is 0.741. The molecule has 0 bridgehead atoms. The van der Waals surface area contributed by atoms with Crippen LogP contribution < -0.4 is 14.2 Å². The fraction of sp³-hybridized carbons (Fsp3) is 0.500. The third kappa shape index (κ3) is 3.81. The van der Waals surface area contributed by atoms with E-state index >= 15 is 0 Å². The highest BCUT2D eigenvalue weighted by Crippen LogP contribution is 2.51. The Balaban J connectivity index is 1.85. The van der Waals surface area contributed by atoms with E-state index in [2.05, 4.69) is 0 Å². The molecular weight excluding hydrogens is 406 g/mol. The van der Waals surface area contributed by atoms with Crippen molar-refractivity contribution in [3.05, 3.63) is 53.1 Å². The third-order valence-electron chi connectivity index (χ3n) is 7.23. The molecule has 6 nitrogen and oxygen atoms in total. The number of rotatable bonds is 5. The van der Waals surface area contributed by atoms with Crippen LogP contribution in [0.5, 0.6) is 17.2 Å². The molecule has 6 heteroatoms. The van der Waals surface area contributed by atoms with Crippen molar-refractivity contribution in [1.29, 1.82) is 0 Å². The lowest BCUT2D eigenvalue weighted by atomic mass is 9.66. The summed E-state index contributed by atoms with van der Waals surface area (Å²) < 4.78 is 16.7. The van der Waals surface area contributed by atoms with Gasteiger partial charge in [-0.25, -0.2) is 0 Å². The molecule has 1 aliphatic carbocycles. The molecule has 32 heavy (non-hydrogen) atoms. The fourth-order valence-electron chi connectivity index (χ4n) is 5.56. The van der Waals surface area contributed by atoms with E-state index in [-0.39, 0.29) is 17.9 Å². The number of methoxy groups -OCH3 is 3. The van der Waals surface area contributed by atoms with Gasteiger partial charge in [-0.15, -0.1) is 0 Å². The van der Waals surface area contributed by atoms with Gasteiger partial charge in [-0.1, -0.05) is 31.0 Å². The lowest BCUT2D eigenvalue weighted by Crippen LogP contribution is -2.56. The van der Waals surface area contributed by atoms with Crippen molar-refractivity contribution in [1.82, 2.24) is 4.90 Å². The third-order valence-corrected chi connectivity index (χ3v) is 7.23. The van der Waals surface area contributed by atoms with Gasteiger partial charge in [0.2, 0.25) is 5.75 Å². The van der Waals surface area contributed by atoms with Gasteiger partial charge in [-0.3, -0.25) is 4.79 Å². The van der Waals surface area contributed by atoms with Gasteiger partial charge in [0.15, 0.2) is 11.5 Å². The number of aliphatic hydroxyl groups is 1. The maximum atomic E-state index is 13.8. The normalized spacial score (nSPS) is 25.1. The summed E-state index contributed by atoms with van der Waals surface area (Å²) in [6.45, 7) is 2.46. The van der Waals surface area contributed by atoms with Crippen LogP contribution in [0.2, 0.25) is 0 Å². The van der Waals surface area contributed by atoms with Gasteiger partial charge in [-0.2, -0.15) is 0 Å². The minimum absolute atomic E-state index is 0.00512. The predicted molar refractivity (Wildman–Crippen MR) is 123 cm³/mol. The van der Waals surface area contributed by atoms with Crippen LogP contribution in [0.1, 0.15) is 59.6 Å². The number of piperidine rings is 1. The first-order chi connectivity index (χ1) is 15.4. The lowest BCUT2D eigenvalue weighted by molar-refractivity contribution is -0.115. The Morgan fingerprint density at radius 3 is 2.34 bits per heavy atom. The molecule has 0 spiro atoms. The molecule has 3 atom stereocenters. The van der Waals surface area contributed by atoms with E-state index in [9.17, 15) is 9.90 Å². The minimum atomic E-state index is -0.772. The van der Waals surface area contributed by atoms with Crippen LogP contribution in [0.3, 0.4) is 0 Å². The molecular formula is C26H33NO5. The van der Waals surface area contributed by atoms with Crippen molar-refractivity contribution in [2.24, 2.45) is 5.92 Å². The molecule has 2 aromatic carbocycles. The molecule has 1 saturated carbocycles. The standard InChI is InChI=1S/C26H33NO5/c1-17-9-5-6-10-19(17)25(28)27-14-13-26(29)12-8-7-11-20(26)23(27)18-15-21(30-2)24(32-4)22(16-18)31-3/h5-6,9-10,15-16,20,23,29H,7-8,11-14H2,1-4H3. The Morgan fingerprint density at radius 2 is 1.72 bits per heavy atom. The molecule has 1 N–H and O–H groups in total. The van der Waals surface area contributed by atoms with Crippen LogP contribution in [0.25, 0.3) is 0 Å². The number of carbonyl (C=O) groups is 1. The summed E-state index contributed by atoms with van der Waals surface area (Å²) in [6, 6.07) is 11.2. The van der Waals surface area contributed by atoms with Gasteiger partial charge in [-0.05, 0) is 55.5 Å². The molecule has 1 aliphatic heterocycles. The molecule has 0 aromatic heterocycles. The number of likely N-dealkylation sites (tertiary alicyclic amines) is 1. The Labute approximate surface area is 190 Å². The van der Waals surface area contributed by atoms with Gasteiger partial charge in [0.25, 0.3) is 5.91 Å². The van der Waals surface area contributed by atoms with Gasteiger partial charge in [0.1, 0.15) is 0 Å². The average molecular weight is 440 g/mol. The molecule has 3 unspecified atom stereocenters. The van der Waals surface area contributed by atoms with Crippen molar-refractivity contribution in [2.75, 3.05) is 27.9 Å². The van der Waals surface area contributed by atoms with Crippen LogP contribution >= 0.6 is 0 Å². The van der Waals surface area contributed by atoms with Gasteiger partial charge in [0.05, 0.1) is 33.0 Å². The van der Waals surface area contributed by atoms with E-state index in [0.29, 0.717) is 35.8 Å². The lowest BCUT2D eigenvalue weighted by Gasteiger charge is -2.52. The molecule has 4 rings (SSSR count). The number of nitrogens with zero attached hydrogens (tertiary/aromatic N) is 1. The first kappa shape index (κ1) is 22.5. The molecule has 1 saturated heterocycles. The van der Waals surface area contributed by atoms with Crippen LogP contribution in [0, 0.1) is 12.8 Å². The molecule has 1 heterocycles. The second-order valence-corrected chi connectivity index (χ2v) is 8.92. The van der Waals surface area contributed by atoms with E-state index in [1.54, 1.807) is 21.3 Å². The highest BCUT2D eigenvalue weighted by atomic mass is 16.5. The summed E-state index contributed by atoms with van der Waals surface area (Å²) in [5.41, 5.74) is 1.77. The van der Waals surface area contributed by atoms with Gasteiger partial charge >= 0.3 is 0 Å². The average Bonchev–Trinajstić information content (AvgIpc) is 2.81. The molecule has 1 amide bonds. The van der Waals surface area contributed by atoms with Crippen LogP contribution in [-0.2, 0) is 0 Å². The van der Waals surface area contributed by atoms with Crippen molar-refractivity contribution in [3.63, 3.8) is 0 Å². The van der Waals surface area contributed by atoms with E-state index in [4.69, 9.17) is 14.2 Å². The van der Waals surface area contributed by atoms with E-state index in [1.165, 1.54) is 0 Å². The molecule has 2 aromatic rings. The smallest absolute Gasteiger partial charge is 0.254 e. The molecule has 0 radical (unpaired) electrons. The molecule has 2 fully saturated rings. The fourth-order valence-corrected chi connectivity index (χ4v) is 5.56. The summed E-state index contributed by atoms with van der Waals surface area (Å²) in [4.78, 5) is 15.7. The predicted octanol–water partition coefficient (Wildman–Crippen LogP) is 4.53. The number of benzene rings is 2. The Kier molecular flexibility index (Phi) is 6.33. The van der Waals surface area contributed by atoms with Crippen molar-refractivity contribution >= 4 is 5.91 Å². The molecule has 172 valence electrons. The Bertz CT molecular complexity index is 965. The largest absolute Gasteiger partial charge is 0.493 e. The van der Waals surface area contributed by atoms with E-state index in [1.807, 2.05) is 48.2 Å². The van der Waals surface area contributed by atoms with Crippen LogP contribution in [0.4, 0.5) is 0 Å². The second kappa shape index (κ2) is 9.02. The zero-order valence-corrected chi connectivity index (χ0v) is 19.4. The van der Waals surface area contributed by atoms with Crippen molar-refractivity contribution in [2.45, 2.75) is 50.7 Å².